The number of aromatic nitrogens is 1. The second kappa shape index (κ2) is 5.27. The van der Waals surface area contributed by atoms with E-state index < -0.39 is 29.0 Å². The predicted octanol–water partition coefficient (Wildman–Crippen LogP) is 3.40. The summed E-state index contributed by atoms with van der Waals surface area (Å²) in [6, 6.07) is 2.94. The molecule has 19 heavy (non-hydrogen) atoms. The molecule has 3 nitrogen and oxygen atoms in total. The van der Waals surface area contributed by atoms with E-state index in [0.29, 0.717) is 6.07 Å². The summed E-state index contributed by atoms with van der Waals surface area (Å²) in [5, 5.41) is 2.16. The van der Waals surface area contributed by atoms with Crippen molar-refractivity contribution in [2.24, 2.45) is 0 Å². The number of rotatable bonds is 2. The maximum atomic E-state index is 13.4. The first-order valence-electron chi connectivity index (χ1n) is 5.05. The second-order valence-corrected chi connectivity index (χ2v) is 3.94. The monoisotopic (exact) mass is 286 g/mol. The number of carbonyl (C=O) groups is 1. The minimum Gasteiger partial charge on any atom is -0.319 e. The molecule has 0 aliphatic carbocycles. The summed E-state index contributed by atoms with van der Waals surface area (Å²) in [6.45, 7) is 0. The summed E-state index contributed by atoms with van der Waals surface area (Å²) >= 11 is 5.73. The topological polar surface area (TPSA) is 42.0 Å². The molecule has 0 bridgehead atoms. The van der Waals surface area contributed by atoms with Gasteiger partial charge in [-0.3, -0.25) is 9.78 Å². The molecule has 0 fully saturated rings. The van der Waals surface area contributed by atoms with E-state index >= 15 is 0 Å². The molecule has 0 aliphatic heterocycles. The highest BCUT2D eigenvalue weighted by atomic mass is 35.5. The summed E-state index contributed by atoms with van der Waals surface area (Å²) in [5.74, 6) is -5.22. The molecule has 98 valence electrons. The molecule has 0 unspecified atom stereocenters. The summed E-state index contributed by atoms with van der Waals surface area (Å²) in [7, 11) is 0. The molecule has 2 rings (SSSR count). The average Bonchev–Trinajstić information content (AvgIpc) is 2.40. The van der Waals surface area contributed by atoms with Crippen LogP contribution in [0, 0.1) is 17.5 Å². The number of nitrogens with zero attached hydrogens (tertiary/aromatic N) is 1. The normalized spacial score (nSPS) is 10.3. The lowest BCUT2D eigenvalue weighted by Crippen LogP contribution is -2.14. The number of nitrogens with one attached hydrogen (secondary N) is 1. The van der Waals surface area contributed by atoms with Crippen LogP contribution in [0.5, 0.6) is 0 Å². The third kappa shape index (κ3) is 2.68. The lowest BCUT2D eigenvalue weighted by molar-refractivity contribution is 0.102. The lowest BCUT2D eigenvalue weighted by atomic mass is 10.2. The minimum atomic E-state index is -1.65. The number of hydrogen-bond donors (Lipinski definition) is 1. The van der Waals surface area contributed by atoms with E-state index in [1.54, 1.807) is 0 Å². The first-order valence-corrected chi connectivity index (χ1v) is 5.43. The summed E-state index contributed by atoms with van der Waals surface area (Å²) in [6.07, 6.45) is 2.56. The molecule has 7 heteroatoms. The average molecular weight is 287 g/mol. The first kappa shape index (κ1) is 13.4. The molecule has 2 aromatic rings. The van der Waals surface area contributed by atoms with E-state index in [1.165, 1.54) is 18.5 Å². The van der Waals surface area contributed by atoms with Gasteiger partial charge < -0.3 is 5.32 Å². The number of pyridine rings is 1. The van der Waals surface area contributed by atoms with Crippen molar-refractivity contribution in [3.8, 4) is 0 Å². The fourth-order valence-electron chi connectivity index (χ4n) is 1.37. The zero-order valence-corrected chi connectivity index (χ0v) is 10.0. The number of amides is 1. The smallest absolute Gasteiger partial charge is 0.257 e. The highest BCUT2D eigenvalue weighted by Gasteiger charge is 2.17. The van der Waals surface area contributed by atoms with Gasteiger partial charge in [-0.05, 0) is 18.2 Å². The van der Waals surface area contributed by atoms with Crippen molar-refractivity contribution in [3.05, 3.63) is 58.6 Å². The zero-order valence-electron chi connectivity index (χ0n) is 9.25. The molecule has 0 radical (unpaired) electrons. The van der Waals surface area contributed by atoms with E-state index in [-0.39, 0.29) is 10.6 Å². The maximum absolute atomic E-state index is 13.4. The molecule has 0 saturated carbocycles. The number of carbonyl (C=O) groups excluding carboxylic acids is 1. The van der Waals surface area contributed by atoms with Crippen molar-refractivity contribution in [3.63, 3.8) is 0 Å². The van der Waals surface area contributed by atoms with Crippen LogP contribution in [-0.2, 0) is 0 Å². The van der Waals surface area contributed by atoms with Gasteiger partial charge in [0.25, 0.3) is 5.91 Å². The Bertz CT molecular complexity index is 649. The van der Waals surface area contributed by atoms with Crippen molar-refractivity contribution >= 4 is 23.2 Å². The van der Waals surface area contributed by atoms with Gasteiger partial charge in [-0.15, -0.1) is 0 Å². The van der Waals surface area contributed by atoms with Crippen LogP contribution in [0.3, 0.4) is 0 Å². The van der Waals surface area contributed by atoms with Crippen molar-refractivity contribution in [1.29, 1.82) is 0 Å². The van der Waals surface area contributed by atoms with Crippen LogP contribution < -0.4 is 5.32 Å². The van der Waals surface area contributed by atoms with E-state index in [9.17, 15) is 18.0 Å². The van der Waals surface area contributed by atoms with Gasteiger partial charge in [0.15, 0.2) is 17.5 Å². The van der Waals surface area contributed by atoms with Crippen LogP contribution in [-0.4, -0.2) is 10.9 Å². The van der Waals surface area contributed by atoms with Crippen molar-refractivity contribution < 1.29 is 18.0 Å². The van der Waals surface area contributed by atoms with Gasteiger partial charge in [-0.2, -0.15) is 0 Å². The molecular formula is C12H6ClF3N2O. The highest BCUT2D eigenvalue weighted by Crippen LogP contribution is 2.21. The first-order chi connectivity index (χ1) is 9.00. The Morgan fingerprint density at radius 2 is 1.89 bits per heavy atom. The Morgan fingerprint density at radius 3 is 2.58 bits per heavy atom. The van der Waals surface area contributed by atoms with Crippen LogP contribution >= 0.6 is 11.6 Å². The maximum Gasteiger partial charge on any atom is 0.257 e. The van der Waals surface area contributed by atoms with Crippen LogP contribution in [0.15, 0.2) is 30.6 Å². The van der Waals surface area contributed by atoms with E-state index in [1.807, 2.05) is 0 Å². The van der Waals surface area contributed by atoms with E-state index in [4.69, 9.17) is 11.6 Å². The molecular weight excluding hydrogens is 281 g/mol. The Labute approximate surface area is 111 Å². The molecule has 0 spiro atoms. The number of benzene rings is 1. The van der Waals surface area contributed by atoms with Crippen LogP contribution in [0.2, 0.25) is 5.02 Å². The van der Waals surface area contributed by atoms with Gasteiger partial charge in [-0.1, -0.05) is 11.6 Å². The summed E-state index contributed by atoms with van der Waals surface area (Å²) in [4.78, 5) is 15.5. The van der Waals surface area contributed by atoms with Gasteiger partial charge in [0, 0.05) is 12.4 Å². The number of halogens is 4. The summed E-state index contributed by atoms with van der Waals surface area (Å²) in [5.41, 5.74) is -0.433. The van der Waals surface area contributed by atoms with Gasteiger partial charge in [-0.25, -0.2) is 13.2 Å². The quantitative estimate of drug-likeness (QED) is 0.860. The van der Waals surface area contributed by atoms with Gasteiger partial charge >= 0.3 is 0 Å². The zero-order chi connectivity index (χ0) is 14.0. The largest absolute Gasteiger partial charge is 0.319 e. The minimum absolute atomic E-state index is 0.0424. The molecule has 1 N–H and O–H groups in total. The van der Waals surface area contributed by atoms with Crippen LogP contribution in [0.25, 0.3) is 0 Å². The van der Waals surface area contributed by atoms with Gasteiger partial charge in [0.1, 0.15) is 0 Å². The fourth-order valence-corrected chi connectivity index (χ4v) is 1.58. The molecule has 1 amide bonds. The third-order valence-corrected chi connectivity index (χ3v) is 2.60. The predicted molar refractivity (Wildman–Crippen MR) is 63.5 cm³/mol. The Balaban J connectivity index is 2.30. The van der Waals surface area contributed by atoms with Crippen molar-refractivity contribution in [2.75, 3.05) is 5.32 Å². The van der Waals surface area contributed by atoms with Gasteiger partial charge in [0.05, 0.1) is 16.3 Å². The summed E-state index contributed by atoms with van der Waals surface area (Å²) < 4.78 is 39.1. The Morgan fingerprint density at radius 1 is 1.16 bits per heavy atom. The van der Waals surface area contributed by atoms with E-state index in [0.717, 1.165) is 6.07 Å². The molecule has 1 heterocycles. The number of hydrogen-bond acceptors (Lipinski definition) is 2. The third-order valence-electron chi connectivity index (χ3n) is 2.30. The molecule has 0 atom stereocenters. The van der Waals surface area contributed by atoms with Crippen molar-refractivity contribution in [2.45, 2.75) is 0 Å². The van der Waals surface area contributed by atoms with Gasteiger partial charge in [0.2, 0.25) is 0 Å². The molecule has 0 aliphatic rings. The number of anilines is 1. The second-order valence-electron chi connectivity index (χ2n) is 3.53. The van der Waals surface area contributed by atoms with Crippen LogP contribution in [0.1, 0.15) is 10.4 Å². The van der Waals surface area contributed by atoms with Crippen LogP contribution in [0.4, 0.5) is 18.9 Å². The Hall–Kier alpha value is -2.08. The fraction of sp³-hybridized carbons (Fsp3) is 0. The molecule has 1 aromatic heterocycles. The highest BCUT2D eigenvalue weighted by molar-refractivity contribution is 6.34. The SMILES string of the molecule is O=C(Nc1ccc(F)c(F)c1F)c1ccncc1Cl. The standard InChI is InChI=1S/C12H6ClF3N2O/c13-7-5-17-4-3-6(7)12(19)18-9-2-1-8(14)10(15)11(9)16/h1-5H,(H,18,19). The lowest BCUT2D eigenvalue weighted by Gasteiger charge is -2.08. The van der Waals surface area contributed by atoms with E-state index in [2.05, 4.69) is 10.3 Å². The molecule has 0 saturated heterocycles. The molecule has 1 aromatic carbocycles. The van der Waals surface area contributed by atoms with Crippen molar-refractivity contribution in [1.82, 2.24) is 4.98 Å². The Kier molecular flexibility index (Phi) is 3.71.